The van der Waals surface area contributed by atoms with Crippen LogP contribution in [0.5, 0.6) is 0 Å². The van der Waals surface area contributed by atoms with Crippen LogP contribution in [-0.4, -0.2) is 5.91 Å². The van der Waals surface area contributed by atoms with Gasteiger partial charge in [0.05, 0.1) is 0 Å². The SMILES string of the molecule is Cc1cc(Br)ccc1NC(=O)c1ccc(F)c(F)c1. The average molecular weight is 326 g/mol. The van der Waals surface area contributed by atoms with Gasteiger partial charge in [-0.2, -0.15) is 0 Å². The molecule has 1 N–H and O–H groups in total. The lowest BCUT2D eigenvalue weighted by molar-refractivity contribution is 0.102. The number of amides is 1. The van der Waals surface area contributed by atoms with Crippen LogP contribution >= 0.6 is 15.9 Å². The minimum Gasteiger partial charge on any atom is -0.322 e. The first-order chi connectivity index (χ1) is 8.97. The van der Waals surface area contributed by atoms with Crippen LogP contribution in [0.2, 0.25) is 0 Å². The van der Waals surface area contributed by atoms with E-state index in [2.05, 4.69) is 21.2 Å². The maximum Gasteiger partial charge on any atom is 0.255 e. The number of hydrogen-bond donors (Lipinski definition) is 1. The topological polar surface area (TPSA) is 29.1 Å². The van der Waals surface area contributed by atoms with Crippen LogP contribution in [-0.2, 0) is 0 Å². The molecule has 1 amide bonds. The Balaban J connectivity index is 2.23. The van der Waals surface area contributed by atoms with Gasteiger partial charge in [-0.25, -0.2) is 8.78 Å². The van der Waals surface area contributed by atoms with Crippen molar-refractivity contribution in [2.75, 3.05) is 5.32 Å². The summed E-state index contributed by atoms with van der Waals surface area (Å²) < 4.78 is 26.7. The molecule has 0 bridgehead atoms. The first-order valence-corrected chi connectivity index (χ1v) is 6.29. The predicted octanol–water partition coefficient (Wildman–Crippen LogP) is 4.29. The molecular formula is C14H10BrF2NO. The summed E-state index contributed by atoms with van der Waals surface area (Å²) in [5.41, 5.74) is 1.56. The van der Waals surface area contributed by atoms with Crippen molar-refractivity contribution in [1.29, 1.82) is 0 Å². The molecule has 2 nitrogen and oxygen atoms in total. The molecule has 0 heterocycles. The summed E-state index contributed by atoms with van der Waals surface area (Å²) in [5, 5.41) is 2.65. The fourth-order valence-corrected chi connectivity index (χ4v) is 2.07. The highest BCUT2D eigenvalue weighted by molar-refractivity contribution is 9.10. The average Bonchev–Trinajstić information content (AvgIpc) is 2.36. The van der Waals surface area contributed by atoms with Gasteiger partial charge in [0, 0.05) is 15.7 Å². The maximum absolute atomic E-state index is 13.0. The molecule has 0 spiro atoms. The van der Waals surface area contributed by atoms with E-state index >= 15 is 0 Å². The summed E-state index contributed by atoms with van der Waals surface area (Å²) in [4.78, 5) is 11.9. The number of carbonyl (C=O) groups excluding carboxylic acids is 1. The van der Waals surface area contributed by atoms with Gasteiger partial charge in [0.1, 0.15) is 0 Å². The summed E-state index contributed by atoms with van der Waals surface area (Å²) in [6, 6.07) is 8.41. The monoisotopic (exact) mass is 325 g/mol. The number of rotatable bonds is 2. The van der Waals surface area contributed by atoms with Crippen LogP contribution in [0.1, 0.15) is 15.9 Å². The second kappa shape index (κ2) is 5.48. The van der Waals surface area contributed by atoms with Gasteiger partial charge in [0.15, 0.2) is 11.6 Å². The Morgan fingerprint density at radius 2 is 1.84 bits per heavy atom. The predicted molar refractivity (Wildman–Crippen MR) is 73.2 cm³/mol. The molecule has 0 aliphatic rings. The summed E-state index contributed by atoms with van der Waals surface area (Å²) in [5.74, 6) is -2.50. The van der Waals surface area contributed by atoms with Crippen molar-refractivity contribution < 1.29 is 13.6 Å². The Bertz CT molecular complexity index is 643. The Kier molecular flexibility index (Phi) is 3.95. The van der Waals surface area contributed by atoms with Crippen molar-refractivity contribution >= 4 is 27.5 Å². The summed E-state index contributed by atoms with van der Waals surface area (Å²) in [6.07, 6.45) is 0. The van der Waals surface area contributed by atoms with Crippen LogP contribution in [0.25, 0.3) is 0 Å². The van der Waals surface area contributed by atoms with Crippen molar-refractivity contribution in [2.24, 2.45) is 0 Å². The van der Waals surface area contributed by atoms with Gasteiger partial charge in [0.25, 0.3) is 5.91 Å². The molecule has 0 radical (unpaired) electrons. The van der Waals surface area contributed by atoms with Gasteiger partial charge in [-0.05, 0) is 48.9 Å². The number of halogens is 3. The van der Waals surface area contributed by atoms with E-state index in [-0.39, 0.29) is 5.56 Å². The molecule has 0 atom stereocenters. The third-order valence-electron chi connectivity index (χ3n) is 2.62. The molecule has 0 aliphatic heterocycles. The first kappa shape index (κ1) is 13.7. The first-order valence-electron chi connectivity index (χ1n) is 5.50. The third kappa shape index (κ3) is 3.17. The molecule has 0 unspecified atom stereocenters. The third-order valence-corrected chi connectivity index (χ3v) is 3.11. The van der Waals surface area contributed by atoms with Gasteiger partial charge in [-0.3, -0.25) is 4.79 Å². The highest BCUT2D eigenvalue weighted by Crippen LogP contribution is 2.21. The lowest BCUT2D eigenvalue weighted by atomic mass is 10.1. The number of carbonyl (C=O) groups is 1. The zero-order valence-corrected chi connectivity index (χ0v) is 11.6. The van der Waals surface area contributed by atoms with E-state index in [1.807, 2.05) is 13.0 Å². The van der Waals surface area contributed by atoms with Crippen LogP contribution in [0.15, 0.2) is 40.9 Å². The van der Waals surface area contributed by atoms with E-state index in [0.717, 1.165) is 22.2 Å². The number of aryl methyl sites for hydroxylation is 1. The minimum atomic E-state index is -1.04. The van der Waals surface area contributed by atoms with Crippen molar-refractivity contribution in [3.05, 3.63) is 63.6 Å². The summed E-state index contributed by atoms with van der Waals surface area (Å²) >= 11 is 3.32. The number of benzene rings is 2. The number of hydrogen-bond acceptors (Lipinski definition) is 1. The number of anilines is 1. The molecular weight excluding hydrogens is 316 g/mol. The Hall–Kier alpha value is -1.75. The van der Waals surface area contributed by atoms with Crippen LogP contribution in [0.3, 0.4) is 0 Å². The van der Waals surface area contributed by atoms with Gasteiger partial charge < -0.3 is 5.32 Å². The molecule has 0 saturated carbocycles. The van der Waals surface area contributed by atoms with E-state index in [4.69, 9.17) is 0 Å². The normalized spacial score (nSPS) is 10.3. The van der Waals surface area contributed by atoms with Gasteiger partial charge >= 0.3 is 0 Å². The lowest BCUT2D eigenvalue weighted by Gasteiger charge is -2.09. The lowest BCUT2D eigenvalue weighted by Crippen LogP contribution is -2.13. The van der Waals surface area contributed by atoms with Gasteiger partial charge in [0.2, 0.25) is 0 Å². The quantitative estimate of drug-likeness (QED) is 0.876. The van der Waals surface area contributed by atoms with Crippen LogP contribution < -0.4 is 5.32 Å². The van der Waals surface area contributed by atoms with Gasteiger partial charge in [-0.1, -0.05) is 15.9 Å². The van der Waals surface area contributed by atoms with Crippen LogP contribution in [0, 0.1) is 18.6 Å². The largest absolute Gasteiger partial charge is 0.322 e. The molecule has 98 valence electrons. The summed E-state index contributed by atoms with van der Waals surface area (Å²) in [6.45, 7) is 1.84. The summed E-state index contributed by atoms with van der Waals surface area (Å²) in [7, 11) is 0. The van der Waals surface area contributed by atoms with E-state index in [1.165, 1.54) is 6.07 Å². The molecule has 2 aromatic carbocycles. The standard InChI is InChI=1S/C14H10BrF2NO/c1-8-6-10(15)3-5-13(8)18-14(19)9-2-4-11(16)12(17)7-9/h2-7H,1H3,(H,18,19). The number of nitrogens with one attached hydrogen (secondary N) is 1. The highest BCUT2D eigenvalue weighted by atomic mass is 79.9. The Morgan fingerprint density at radius 1 is 1.11 bits per heavy atom. The van der Waals surface area contributed by atoms with E-state index in [1.54, 1.807) is 12.1 Å². The molecule has 2 rings (SSSR count). The Labute approximate surface area is 117 Å². The molecule has 19 heavy (non-hydrogen) atoms. The Morgan fingerprint density at radius 3 is 2.47 bits per heavy atom. The van der Waals surface area contributed by atoms with Crippen molar-refractivity contribution in [3.63, 3.8) is 0 Å². The molecule has 0 fully saturated rings. The van der Waals surface area contributed by atoms with E-state index < -0.39 is 17.5 Å². The van der Waals surface area contributed by atoms with E-state index in [9.17, 15) is 13.6 Å². The molecule has 2 aromatic rings. The molecule has 0 saturated heterocycles. The zero-order chi connectivity index (χ0) is 14.0. The zero-order valence-electron chi connectivity index (χ0n) is 10.0. The molecule has 0 aromatic heterocycles. The molecule has 5 heteroatoms. The van der Waals surface area contributed by atoms with Crippen molar-refractivity contribution in [3.8, 4) is 0 Å². The second-order valence-corrected chi connectivity index (χ2v) is 4.96. The fraction of sp³-hybridized carbons (Fsp3) is 0.0714. The second-order valence-electron chi connectivity index (χ2n) is 4.04. The maximum atomic E-state index is 13.0. The fourth-order valence-electron chi connectivity index (χ4n) is 1.60. The van der Waals surface area contributed by atoms with Crippen molar-refractivity contribution in [2.45, 2.75) is 6.92 Å². The van der Waals surface area contributed by atoms with Gasteiger partial charge in [-0.15, -0.1) is 0 Å². The van der Waals surface area contributed by atoms with E-state index in [0.29, 0.717) is 5.69 Å². The smallest absolute Gasteiger partial charge is 0.255 e. The van der Waals surface area contributed by atoms with Crippen LogP contribution in [0.4, 0.5) is 14.5 Å². The molecule has 0 aliphatic carbocycles. The highest BCUT2D eigenvalue weighted by Gasteiger charge is 2.11. The minimum absolute atomic E-state index is 0.0706. The van der Waals surface area contributed by atoms with Crippen molar-refractivity contribution in [1.82, 2.24) is 0 Å².